The lowest BCUT2D eigenvalue weighted by atomic mass is 9.98. The molecule has 2 bridgehead atoms. The molecule has 0 amide bonds. The molecule has 0 aliphatic carbocycles. The van der Waals surface area contributed by atoms with Gasteiger partial charge in [-0.15, -0.1) is 6.58 Å². The Morgan fingerprint density at radius 3 is 2.81 bits per heavy atom. The highest BCUT2D eigenvalue weighted by atomic mass is 19.1. The third kappa shape index (κ3) is 3.55. The zero-order chi connectivity index (χ0) is 18.1. The van der Waals surface area contributed by atoms with E-state index in [1.165, 1.54) is 18.9 Å². The standard InChI is InChI=1S/C21H28FN3O/c1-3-8-26-20-10-18-6-7-19(11-20)24(18)13-15(2)14-25-21-9-17(22)5-4-16(21)12-23-25/h3-5,9,12,15,18-20H,1,6-8,10-11,13-14H2,2H3/t15-,18-,19+,20?/m1/s1. The minimum absolute atomic E-state index is 0.202. The molecule has 2 fully saturated rings. The molecule has 140 valence electrons. The van der Waals surface area contributed by atoms with Crippen LogP contribution in [0.15, 0.2) is 37.1 Å². The quantitative estimate of drug-likeness (QED) is 0.702. The van der Waals surface area contributed by atoms with Crippen LogP contribution >= 0.6 is 0 Å². The lowest BCUT2D eigenvalue weighted by molar-refractivity contribution is -0.0134. The summed E-state index contributed by atoms with van der Waals surface area (Å²) >= 11 is 0. The molecule has 26 heavy (non-hydrogen) atoms. The molecule has 0 radical (unpaired) electrons. The summed E-state index contributed by atoms with van der Waals surface area (Å²) in [7, 11) is 0. The predicted octanol–water partition coefficient (Wildman–Crippen LogP) is 4.01. The predicted molar refractivity (Wildman–Crippen MR) is 102 cm³/mol. The molecule has 0 N–H and O–H groups in total. The van der Waals surface area contributed by atoms with E-state index in [1.54, 1.807) is 12.1 Å². The summed E-state index contributed by atoms with van der Waals surface area (Å²) < 4.78 is 21.4. The average molecular weight is 357 g/mol. The summed E-state index contributed by atoms with van der Waals surface area (Å²) in [5, 5.41) is 5.47. The molecule has 4 rings (SSSR count). The molecule has 5 heteroatoms. The van der Waals surface area contributed by atoms with Gasteiger partial charge in [0.05, 0.1) is 24.4 Å². The van der Waals surface area contributed by atoms with Gasteiger partial charge in [-0.1, -0.05) is 13.0 Å². The van der Waals surface area contributed by atoms with Gasteiger partial charge < -0.3 is 4.74 Å². The fourth-order valence-electron chi connectivity index (χ4n) is 4.76. The third-order valence-electron chi connectivity index (χ3n) is 5.90. The lowest BCUT2D eigenvalue weighted by Gasteiger charge is -2.40. The second kappa shape index (κ2) is 7.49. The normalized spacial score (nSPS) is 27.1. The number of hydrogen-bond donors (Lipinski definition) is 0. The van der Waals surface area contributed by atoms with Gasteiger partial charge in [0, 0.05) is 30.6 Å². The van der Waals surface area contributed by atoms with Crippen molar-refractivity contribution in [2.24, 2.45) is 5.92 Å². The van der Waals surface area contributed by atoms with Crippen LogP contribution in [-0.2, 0) is 11.3 Å². The number of hydrogen-bond acceptors (Lipinski definition) is 3. The molecule has 2 aliphatic heterocycles. The molecule has 2 aromatic rings. The molecule has 3 heterocycles. The van der Waals surface area contributed by atoms with Crippen LogP contribution < -0.4 is 0 Å². The van der Waals surface area contributed by atoms with Gasteiger partial charge in [0.25, 0.3) is 0 Å². The molecular formula is C21H28FN3O. The summed E-state index contributed by atoms with van der Waals surface area (Å²) in [6.45, 7) is 8.56. The van der Waals surface area contributed by atoms with Crippen LogP contribution in [0, 0.1) is 11.7 Å². The molecule has 0 spiro atoms. The molecule has 2 saturated heterocycles. The number of fused-ring (bicyclic) bond motifs is 3. The number of aromatic nitrogens is 2. The van der Waals surface area contributed by atoms with E-state index < -0.39 is 0 Å². The van der Waals surface area contributed by atoms with Crippen LogP contribution in [0.25, 0.3) is 10.9 Å². The second-order valence-corrected chi connectivity index (χ2v) is 7.93. The molecular weight excluding hydrogens is 329 g/mol. The van der Waals surface area contributed by atoms with Crippen LogP contribution in [0.2, 0.25) is 0 Å². The van der Waals surface area contributed by atoms with Crippen molar-refractivity contribution >= 4 is 10.9 Å². The van der Waals surface area contributed by atoms with E-state index >= 15 is 0 Å². The molecule has 0 saturated carbocycles. The highest BCUT2D eigenvalue weighted by Gasteiger charge is 2.41. The van der Waals surface area contributed by atoms with E-state index in [2.05, 4.69) is 23.5 Å². The van der Waals surface area contributed by atoms with Crippen molar-refractivity contribution in [2.45, 2.75) is 57.3 Å². The van der Waals surface area contributed by atoms with Crippen molar-refractivity contribution < 1.29 is 9.13 Å². The number of halogens is 1. The maximum absolute atomic E-state index is 13.6. The average Bonchev–Trinajstić information content (AvgIpc) is 3.10. The number of rotatable bonds is 7. The highest BCUT2D eigenvalue weighted by molar-refractivity contribution is 5.78. The van der Waals surface area contributed by atoms with Crippen molar-refractivity contribution in [3.8, 4) is 0 Å². The van der Waals surface area contributed by atoms with Gasteiger partial charge in [-0.25, -0.2) is 4.39 Å². The van der Waals surface area contributed by atoms with E-state index in [4.69, 9.17) is 4.74 Å². The van der Waals surface area contributed by atoms with E-state index in [-0.39, 0.29) is 5.82 Å². The minimum atomic E-state index is -0.202. The third-order valence-corrected chi connectivity index (χ3v) is 5.90. The monoisotopic (exact) mass is 357 g/mol. The summed E-state index contributed by atoms with van der Waals surface area (Å²) in [6, 6.07) is 6.15. The molecule has 1 aromatic carbocycles. The first-order valence-electron chi connectivity index (χ1n) is 9.73. The second-order valence-electron chi connectivity index (χ2n) is 7.93. The zero-order valence-corrected chi connectivity index (χ0v) is 15.5. The van der Waals surface area contributed by atoms with Crippen molar-refractivity contribution in [1.29, 1.82) is 0 Å². The Bertz CT molecular complexity index is 760. The Hall–Kier alpha value is -1.72. The highest BCUT2D eigenvalue weighted by Crippen LogP contribution is 2.37. The summed E-state index contributed by atoms with van der Waals surface area (Å²) in [6.07, 6.45) is 8.87. The van der Waals surface area contributed by atoms with Crippen LogP contribution in [0.5, 0.6) is 0 Å². The number of ether oxygens (including phenoxy) is 1. The van der Waals surface area contributed by atoms with E-state index in [9.17, 15) is 4.39 Å². The topological polar surface area (TPSA) is 30.3 Å². The van der Waals surface area contributed by atoms with Crippen molar-refractivity contribution in [2.75, 3.05) is 13.2 Å². The van der Waals surface area contributed by atoms with Gasteiger partial charge in [0.1, 0.15) is 5.82 Å². The first-order valence-corrected chi connectivity index (χ1v) is 9.73. The largest absolute Gasteiger partial charge is 0.374 e. The Labute approximate surface area is 154 Å². The maximum atomic E-state index is 13.6. The summed E-state index contributed by atoms with van der Waals surface area (Å²) in [5.74, 6) is 0.265. The Morgan fingerprint density at radius 1 is 1.31 bits per heavy atom. The Balaban J connectivity index is 1.38. The van der Waals surface area contributed by atoms with Crippen LogP contribution in [0.3, 0.4) is 0 Å². The molecule has 4 atom stereocenters. The van der Waals surface area contributed by atoms with Gasteiger partial charge >= 0.3 is 0 Å². The van der Waals surface area contributed by atoms with Crippen LogP contribution in [0.1, 0.15) is 32.6 Å². The maximum Gasteiger partial charge on any atom is 0.125 e. The van der Waals surface area contributed by atoms with Gasteiger partial charge in [-0.05, 0) is 49.8 Å². The van der Waals surface area contributed by atoms with Gasteiger partial charge in [0.15, 0.2) is 0 Å². The van der Waals surface area contributed by atoms with Crippen molar-refractivity contribution in [3.05, 3.63) is 42.9 Å². The number of benzene rings is 1. The first kappa shape index (κ1) is 17.7. The van der Waals surface area contributed by atoms with Gasteiger partial charge in [-0.3, -0.25) is 9.58 Å². The van der Waals surface area contributed by atoms with Gasteiger partial charge in [0.2, 0.25) is 0 Å². The SMILES string of the molecule is C=CCOC1C[C@H]2CC[C@@H](C1)N2C[C@@H](C)Cn1ncc2ccc(F)cc21. The van der Waals surface area contributed by atoms with Crippen molar-refractivity contribution in [1.82, 2.24) is 14.7 Å². The van der Waals surface area contributed by atoms with Crippen LogP contribution in [0.4, 0.5) is 4.39 Å². The molecule has 2 aliphatic rings. The first-order chi connectivity index (χ1) is 12.6. The van der Waals surface area contributed by atoms with E-state index in [0.29, 0.717) is 30.7 Å². The van der Waals surface area contributed by atoms with E-state index in [0.717, 1.165) is 36.8 Å². The molecule has 4 nitrogen and oxygen atoms in total. The van der Waals surface area contributed by atoms with Gasteiger partial charge in [-0.2, -0.15) is 5.10 Å². The van der Waals surface area contributed by atoms with E-state index in [1.807, 2.05) is 17.0 Å². The smallest absolute Gasteiger partial charge is 0.125 e. The Morgan fingerprint density at radius 2 is 2.08 bits per heavy atom. The Kier molecular flexibility index (Phi) is 5.09. The summed E-state index contributed by atoms with van der Waals surface area (Å²) in [4.78, 5) is 2.69. The fraction of sp³-hybridized carbons (Fsp3) is 0.571. The van der Waals surface area contributed by atoms with Crippen LogP contribution in [-0.4, -0.2) is 46.0 Å². The van der Waals surface area contributed by atoms with Crippen molar-refractivity contribution in [3.63, 3.8) is 0 Å². The summed E-state index contributed by atoms with van der Waals surface area (Å²) in [5.41, 5.74) is 0.886. The minimum Gasteiger partial charge on any atom is -0.374 e. The fourth-order valence-corrected chi connectivity index (χ4v) is 4.76. The lowest BCUT2D eigenvalue weighted by Crippen LogP contribution is -2.47. The molecule has 1 unspecified atom stereocenters. The zero-order valence-electron chi connectivity index (χ0n) is 15.5. The number of piperidine rings is 1. The number of nitrogens with zero attached hydrogens (tertiary/aromatic N) is 3. The molecule has 1 aromatic heterocycles.